The molecule has 0 aromatic heterocycles. The Kier molecular flexibility index (Phi) is 3.73. The number of carbonyl (C=O) groups is 1. The van der Waals surface area contributed by atoms with E-state index in [1.807, 2.05) is 6.20 Å². The number of carbonyl (C=O) groups excluding carboxylic acids is 1. The molecular formula is C9H15NO. The molecule has 1 fully saturated rings. The molecule has 1 heterocycles. The minimum absolute atomic E-state index is 0.838. The lowest BCUT2D eigenvalue weighted by Crippen LogP contribution is -2.17. The topological polar surface area (TPSA) is 20.3 Å². The Morgan fingerprint density at radius 3 is 2.18 bits per heavy atom. The van der Waals surface area contributed by atoms with Crippen LogP contribution in [0.2, 0.25) is 0 Å². The number of hydrogen-bond donors (Lipinski definition) is 0. The molecule has 2 heteroatoms. The number of aldehydes is 1. The van der Waals surface area contributed by atoms with E-state index in [1.165, 1.54) is 25.7 Å². The van der Waals surface area contributed by atoms with Gasteiger partial charge in [0.05, 0.1) is 0 Å². The highest BCUT2D eigenvalue weighted by atomic mass is 16.1. The molecule has 0 amide bonds. The summed E-state index contributed by atoms with van der Waals surface area (Å²) in [7, 11) is 0. The maximum Gasteiger partial charge on any atom is 0.144 e. The van der Waals surface area contributed by atoms with Crippen molar-refractivity contribution < 1.29 is 4.79 Å². The van der Waals surface area contributed by atoms with Crippen LogP contribution >= 0.6 is 0 Å². The minimum atomic E-state index is 0.838. The van der Waals surface area contributed by atoms with E-state index < -0.39 is 0 Å². The highest BCUT2D eigenvalue weighted by Gasteiger charge is 2.03. The molecule has 2 nitrogen and oxygen atoms in total. The summed E-state index contributed by atoms with van der Waals surface area (Å²) in [6.07, 6.45) is 9.53. The number of rotatable bonds is 2. The molecular weight excluding hydrogens is 138 g/mol. The van der Waals surface area contributed by atoms with Crippen molar-refractivity contribution in [2.24, 2.45) is 0 Å². The van der Waals surface area contributed by atoms with Gasteiger partial charge in [0.15, 0.2) is 0 Å². The Labute approximate surface area is 67.9 Å². The van der Waals surface area contributed by atoms with Gasteiger partial charge in [-0.05, 0) is 18.9 Å². The lowest BCUT2D eigenvalue weighted by Gasteiger charge is -2.15. The number of likely N-dealkylation sites (tertiary alicyclic amines) is 1. The van der Waals surface area contributed by atoms with Crippen molar-refractivity contribution in [3.63, 3.8) is 0 Å². The van der Waals surface area contributed by atoms with E-state index >= 15 is 0 Å². The molecule has 0 aromatic carbocycles. The average molecular weight is 153 g/mol. The van der Waals surface area contributed by atoms with Crippen LogP contribution < -0.4 is 0 Å². The first kappa shape index (κ1) is 8.31. The molecule has 1 aliphatic heterocycles. The van der Waals surface area contributed by atoms with Gasteiger partial charge in [-0.2, -0.15) is 0 Å². The first-order valence-electron chi connectivity index (χ1n) is 4.29. The van der Waals surface area contributed by atoms with E-state index in [0.29, 0.717) is 0 Å². The molecule has 0 aliphatic carbocycles. The summed E-state index contributed by atoms with van der Waals surface area (Å²) in [6, 6.07) is 0. The number of allylic oxidation sites excluding steroid dienone is 1. The van der Waals surface area contributed by atoms with Gasteiger partial charge in [-0.3, -0.25) is 4.79 Å². The predicted molar refractivity (Wildman–Crippen MR) is 45.2 cm³/mol. The van der Waals surface area contributed by atoms with Crippen LogP contribution in [-0.4, -0.2) is 24.3 Å². The van der Waals surface area contributed by atoms with Gasteiger partial charge in [0.1, 0.15) is 6.29 Å². The fourth-order valence-corrected chi connectivity index (χ4v) is 1.40. The van der Waals surface area contributed by atoms with Crippen molar-refractivity contribution in [2.45, 2.75) is 25.7 Å². The van der Waals surface area contributed by atoms with Gasteiger partial charge in [-0.1, -0.05) is 12.8 Å². The maximum absolute atomic E-state index is 10.0. The second kappa shape index (κ2) is 4.94. The van der Waals surface area contributed by atoms with Crippen molar-refractivity contribution in [3.8, 4) is 0 Å². The highest BCUT2D eigenvalue weighted by molar-refractivity contribution is 5.64. The third-order valence-electron chi connectivity index (χ3n) is 2.02. The fraction of sp³-hybridized carbons (Fsp3) is 0.667. The average Bonchev–Trinajstić information content (AvgIpc) is 2.28. The van der Waals surface area contributed by atoms with Crippen molar-refractivity contribution in [2.75, 3.05) is 13.1 Å². The standard InChI is InChI=1S/C9H15NO/c11-9-5-8-10-6-3-1-2-4-7-10/h5,8-9H,1-4,6-7H2/b8-5+. The molecule has 0 unspecified atom stereocenters. The largest absolute Gasteiger partial charge is 0.377 e. The summed E-state index contributed by atoms with van der Waals surface area (Å²) >= 11 is 0. The molecule has 0 bridgehead atoms. The van der Waals surface area contributed by atoms with E-state index in [4.69, 9.17) is 0 Å². The smallest absolute Gasteiger partial charge is 0.144 e. The van der Waals surface area contributed by atoms with Crippen LogP contribution in [0.15, 0.2) is 12.3 Å². The summed E-state index contributed by atoms with van der Waals surface area (Å²) in [6.45, 7) is 2.23. The van der Waals surface area contributed by atoms with Gasteiger partial charge in [-0.15, -0.1) is 0 Å². The fourth-order valence-electron chi connectivity index (χ4n) is 1.40. The first-order chi connectivity index (χ1) is 5.43. The summed E-state index contributed by atoms with van der Waals surface area (Å²) in [4.78, 5) is 12.2. The molecule has 0 N–H and O–H groups in total. The van der Waals surface area contributed by atoms with Gasteiger partial charge in [0, 0.05) is 19.3 Å². The lowest BCUT2D eigenvalue weighted by molar-refractivity contribution is -0.104. The Hall–Kier alpha value is -0.790. The second-order valence-corrected chi connectivity index (χ2v) is 2.93. The third-order valence-corrected chi connectivity index (χ3v) is 2.02. The van der Waals surface area contributed by atoms with Gasteiger partial charge in [-0.25, -0.2) is 0 Å². The van der Waals surface area contributed by atoms with Gasteiger partial charge < -0.3 is 4.90 Å². The Balaban J connectivity index is 2.30. The van der Waals surface area contributed by atoms with Crippen LogP contribution in [0.3, 0.4) is 0 Å². The van der Waals surface area contributed by atoms with Crippen LogP contribution in [0.25, 0.3) is 0 Å². The number of hydrogen-bond acceptors (Lipinski definition) is 2. The molecule has 0 spiro atoms. The van der Waals surface area contributed by atoms with E-state index in [9.17, 15) is 4.79 Å². The van der Waals surface area contributed by atoms with Crippen molar-refractivity contribution in [1.29, 1.82) is 0 Å². The molecule has 1 rings (SSSR count). The highest BCUT2D eigenvalue weighted by Crippen LogP contribution is 2.09. The van der Waals surface area contributed by atoms with Crippen molar-refractivity contribution in [3.05, 3.63) is 12.3 Å². The Bertz CT molecular complexity index is 134. The van der Waals surface area contributed by atoms with Crippen molar-refractivity contribution in [1.82, 2.24) is 4.90 Å². The quantitative estimate of drug-likeness (QED) is 0.443. The van der Waals surface area contributed by atoms with E-state index in [0.717, 1.165) is 19.4 Å². The zero-order valence-electron chi connectivity index (χ0n) is 6.83. The molecule has 1 aliphatic rings. The molecule has 1 saturated heterocycles. The monoisotopic (exact) mass is 153 g/mol. The molecule has 11 heavy (non-hydrogen) atoms. The van der Waals surface area contributed by atoms with Crippen LogP contribution in [0.5, 0.6) is 0 Å². The first-order valence-corrected chi connectivity index (χ1v) is 4.29. The van der Waals surface area contributed by atoms with Crippen molar-refractivity contribution >= 4 is 6.29 Å². The SMILES string of the molecule is O=C/C=C/N1CCCCCC1. The van der Waals surface area contributed by atoms with Crippen LogP contribution in [0.1, 0.15) is 25.7 Å². The van der Waals surface area contributed by atoms with Gasteiger partial charge >= 0.3 is 0 Å². The molecule has 0 radical (unpaired) electrons. The summed E-state index contributed by atoms with van der Waals surface area (Å²) in [5.41, 5.74) is 0. The molecule has 0 saturated carbocycles. The zero-order chi connectivity index (χ0) is 7.94. The summed E-state index contributed by atoms with van der Waals surface area (Å²) < 4.78 is 0. The van der Waals surface area contributed by atoms with Crippen LogP contribution in [0, 0.1) is 0 Å². The summed E-state index contributed by atoms with van der Waals surface area (Å²) in [5, 5.41) is 0. The second-order valence-electron chi connectivity index (χ2n) is 2.93. The normalized spacial score (nSPS) is 20.2. The Morgan fingerprint density at radius 1 is 1.00 bits per heavy atom. The molecule has 0 atom stereocenters. The van der Waals surface area contributed by atoms with E-state index in [1.54, 1.807) is 6.08 Å². The third kappa shape index (κ3) is 3.21. The van der Waals surface area contributed by atoms with Crippen LogP contribution in [0.4, 0.5) is 0 Å². The number of nitrogens with zero attached hydrogens (tertiary/aromatic N) is 1. The Morgan fingerprint density at radius 2 is 1.64 bits per heavy atom. The van der Waals surface area contributed by atoms with E-state index in [-0.39, 0.29) is 0 Å². The zero-order valence-corrected chi connectivity index (χ0v) is 6.83. The maximum atomic E-state index is 10.0. The lowest BCUT2D eigenvalue weighted by atomic mass is 10.2. The van der Waals surface area contributed by atoms with Crippen LogP contribution in [-0.2, 0) is 4.79 Å². The predicted octanol–water partition coefficient (Wildman–Crippen LogP) is 1.57. The molecule has 0 aromatic rings. The molecule has 62 valence electrons. The van der Waals surface area contributed by atoms with Gasteiger partial charge in [0.2, 0.25) is 0 Å². The van der Waals surface area contributed by atoms with Gasteiger partial charge in [0.25, 0.3) is 0 Å². The minimum Gasteiger partial charge on any atom is -0.377 e. The summed E-state index contributed by atoms with van der Waals surface area (Å²) in [5.74, 6) is 0. The van der Waals surface area contributed by atoms with E-state index in [2.05, 4.69) is 4.90 Å².